The molecular weight excluding hydrogens is 224 g/mol. The van der Waals surface area contributed by atoms with Gasteiger partial charge in [0.15, 0.2) is 0 Å². The number of hydrogen-bond acceptors (Lipinski definition) is 3. The number of benzene rings is 1. The van der Waals surface area contributed by atoms with Gasteiger partial charge in [-0.25, -0.2) is 0 Å². The number of nitrogens with zero attached hydrogens (tertiary/aromatic N) is 1. The normalized spacial score (nSPS) is 20.7. The molecule has 1 aliphatic rings. The van der Waals surface area contributed by atoms with E-state index in [4.69, 9.17) is 10.5 Å². The van der Waals surface area contributed by atoms with Crippen molar-refractivity contribution in [1.29, 1.82) is 0 Å². The SMILES string of the molecule is CO[C@H]1CCN(Cc2cccc(N)c2)C1.Cl. The highest BCUT2D eigenvalue weighted by atomic mass is 35.5. The summed E-state index contributed by atoms with van der Waals surface area (Å²) in [5.41, 5.74) is 7.87. The number of nitrogens with two attached hydrogens (primary N) is 1. The average Bonchev–Trinajstić information content (AvgIpc) is 2.65. The van der Waals surface area contributed by atoms with Crippen LogP contribution in [0.4, 0.5) is 5.69 Å². The maximum absolute atomic E-state index is 5.74. The first-order valence-corrected chi connectivity index (χ1v) is 5.37. The third-order valence-corrected chi connectivity index (χ3v) is 2.92. The van der Waals surface area contributed by atoms with Gasteiger partial charge >= 0.3 is 0 Å². The van der Waals surface area contributed by atoms with Crippen molar-refractivity contribution in [2.75, 3.05) is 25.9 Å². The fraction of sp³-hybridized carbons (Fsp3) is 0.500. The molecule has 0 bridgehead atoms. The number of methoxy groups -OCH3 is 1. The van der Waals surface area contributed by atoms with Crippen LogP contribution in [0.2, 0.25) is 0 Å². The molecular formula is C12H19ClN2O. The summed E-state index contributed by atoms with van der Waals surface area (Å²) in [5.74, 6) is 0. The molecule has 4 heteroatoms. The number of halogens is 1. The first-order valence-electron chi connectivity index (χ1n) is 5.37. The molecule has 1 aliphatic heterocycles. The number of rotatable bonds is 3. The van der Waals surface area contributed by atoms with Crippen LogP contribution in [0.15, 0.2) is 24.3 Å². The quantitative estimate of drug-likeness (QED) is 0.823. The smallest absolute Gasteiger partial charge is 0.0710 e. The zero-order valence-electron chi connectivity index (χ0n) is 9.56. The van der Waals surface area contributed by atoms with Gasteiger partial charge in [0.1, 0.15) is 0 Å². The van der Waals surface area contributed by atoms with Crippen molar-refractivity contribution in [3.8, 4) is 0 Å². The summed E-state index contributed by atoms with van der Waals surface area (Å²) in [6.45, 7) is 3.13. The molecule has 2 rings (SSSR count). The molecule has 0 spiro atoms. The third kappa shape index (κ3) is 3.37. The number of hydrogen-bond donors (Lipinski definition) is 1. The molecule has 3 nitrogen and oxygen atoms in total. The van der Waals surface area contributed by atoms with E-state index in [2.05, 4.69) is 11.0 Å². The second kappa shape index (κ2) is 6.09. The number of anilines is 1. The Kier molecular flexibility index (Phi) is 5.06. The standard InChI is InChI=1S/C12H18N2O.ClH/c1-15-12-5-6-14(9-12)8-10-3-2-4-11(13)7-10;/h2-4,7,12H,5-6,8-9,13H2,1H3;1H/t12-;/m0./s1. The van der Waals surface area contributed by atoms with E-state index < -0.39 is 0 Å². The lowest BCUT2D eigenvalue weighted by atomic mass is 10.2. The van der Waals surface area contributed by atoms with Crippen LogP contribution in [0.25, 0.3) is 0 Å². The number of ether oxygens (including phenoxy) is 1. The molecule has 2 N–H and O–H groups in total. The van der Waals surface area contributed by atoms with Crippen molar-refractivity contribution in [3.05, 3.63) is 29.8 Å². The maximum atomic E-state index is 5.74. The Morgan fingerprint density at radius 3 is 2.94 bits per heavy atom. The number of likely N-dealkylation sites (tertiary alicyclic amines) is 1. The highest BCUT2D eigenvalue weighted by molar-refractivity contribution is 5.85. The van der Waals surface area contributed by atoms with Gasteiger partial charge < -0.3 is 10.5 Å². The van der Waals surface area contributed by atoms with Crippen LogP contribution in [0.5, 0.6) is 0 Å². The van der Waals surface area contributed by atoms with E-state index >= 15 is 0 Å². The fourth-order valence-electron chi connectivity index (χ4n) is 2.08. The number of nitrogen functional groups attached to an aromatic ring is 1. The van der Waals surface area contributed by atoms with Gasteiger partial charge in [-0.05, 0) is 24.1 Å². The lowest BCUT2D eigenvalue weighted by Gasteiger charge is -2.15. The fourth-order valence-corrected chi connectivity index (χ4v) is 2.08. The molecule has 1 saturated heterocycles. The lowest BCUT2D eigenvalue weighted by Crippen LogP contribution is -2.22. The molecule has 0 aliphatic carbocycles. The highest BCUT2D eigenvalue weighted by Crippen LogP contribution is 2.16. The van der Waals surface area contributed by atoms with E-state index in [1.165, 1.54) is 5.56 Å². The minimum Gasteiger partial charge on any atom is -0.399 e. The lowest BCUT2D eigenvalue weighted by molar-refractivity contribution is 0.107. The summed E-state index contributed by atoms with van der Waals surface area (Å²) < 4.78 is 5.34. The zero-order valence-corrected chi connectivity index (χ0v) is 10.4. The maximum Gasteiger partial charge on any atom is 0.0710 e. The summed E-state index contributed by atoms with van der Waals surface area (Å²) in [6, 6.07) is 8.09. The Morgan fingerprint density at radius 1 is 1.50 bits per heavy atom. The first kappa shape index (κ1) is 13.3. The van der Waals surface area contributed by atoms with Crippen LogP contribution < -0.4 is 5.73 Å². The van der Waals surface area contributed by atoms with Crippen molar-refractivity contribution in [2.45, 2.75) is 19.1 Å². The molecule has 1 fully saturated rings. The molecule has 0 saturated carbocycles. The topological polar surface area (TPSA) is 38.5 Å². The van der Waals surface area contributed by atoms with Gasteiger partial charge in [0, 0.05) is 32.4 Å². The van der Waals surface area contributed by atoms with Crippen molar-refractivity contribution < 1.29 is 4.74 Å². The molecule has 0 unspecified atom stereocenters. The van der Waals surface area contributed by atoms with Gasteiger partial charge in [0.05, 0.1) is 6.10 Å². The summed E-state index contributed by atoms with van der Waals surface area (Å²) in [7, 11) is 1.79. The van der Waals surface area contributed by atoms with Crippen LogP contribution in [0.1, 0.15) is 12.0 Å². The van der Waals surface area contributed by atoms with E-state index in [1.54, 1.807) is 7.11 Å². The van der Waals surface area contributed by atoms with Crippen LogP contribution in [0.3, 0.4) is 0 Å². The van der Waals surface area contributed by atoms with Crippen molar-refractivity contribution in [3.63, 3.8) is 0 Å². The summed E-state index contributed by atoms with van der Waals surface area (Å²) in [6.07, 6.45) is 1.55. The molecule has 1 aromatic carbocycles. The molecule has 90 valence electrons. The van der Waals surface area contributed by atoms with Crippen LogP contribution in [-0.4, -0.2) is 31.2 Å². The van der Waals surface area contributed by atoms with Crippen LogP contribution in [-0.2, 0) is 11.3 Å². The van der Waals surface area contributed by atoms with Crippen LogP contribution >= 0.6 is 12.4 Å². The first-order chi connectivity index (χ1) is 7.28. The van der Waals surface area contributed by atoms with Crippen molar-refractivity contribution in [2.24, 2.45) is 0 Å². The van der Waals surface area contributed by atoms with E-state index in [9.17, 15) is 0 Å². The van der Waals surface area contributed by atoms with Gasteiger partial charge in [-0.15, -0.1) is 12.4 Å². The Bertz CT molecular complexity index is 333. The van der Waals surface area contributed by atoms with Crippen molar-refractivity contribution in [1.82, 2.24) is 4.90 Å². The van der Waals surface area contributed by atoms with E-state index in [0.717, 1.165) is 31.7 Å². The minimum atomic E-state index is 0. The Labute approximate surface area is 103 Å². The molecule has 1 atom stereocenters. The second-order valence-electron chi connectivity index (χ2n) is 4.13. The Balaban J connectivity index is 0.00000128. The molecule has 1 aromatic rings. The average molecular weight is 243 g/mol. The zero-order chi connectivity index (χ0) is 10.7. The highest BCUT2D eigenvalue weighted by Gasteiger charge is 2.21. The largest absolute Gasteiger partial charge is 0.399 e. The van der Waals surface area contributed by atoms with Gasteiger partial charge in [0.2, 0.25) is 0 Å². The Hall–Kier alpha value is -0.770. The molecule has 0 amide bonds. The van der Waals surface area contributed by atoms with Gasteiger partial charge in [-0.3, -0.25) is 4.90 Å². The predicted octanol–water partition coefficient (Wildman–Crippen LogP) is 1.91. The molecule has 1 heterocycles. The molecule has 16 heavy (non-hydrogen) atoms. The van der Waals surface area contributed by atoms with Gasteiger partial charge in [-0.2, -0.15) is 0 Å². The summed E-state index contributed by atoms with van der Waals surface area (Å²) >= 11 is 0. The van der Waals surface area contributed by atoms with E-state index in [1.807, 2.05) is 18.2 Å². The Morgan fingerprint density at radius 2 is 2.31 bits per heavy atom. The monoisotopic (exact) mass is 242 g/mol. The van der Waals surface area contributed by atoms with E-state index in [0.29, 0.717) is 6.10 Å². The van der Waals surface area contributed by atoms with Gasteiger partial charge in [0.25, 0.3) is 0 Å². The van der Waals surface area contributed by atoms with Crippen molar-refractivity contribution >= 4 is 18.1 Å². The third-order valence-electron chi connectivity index (χ3n) is 2.92. The summed E-state index contributed by atoms with van der Waals surface area (Å²) in [4.78, 5) is 2.41. The second-order valence-corrected chi connectivity index (χ2v) is 4.13. The molecule has 0 aromatic heterocycles. The van der Waals surface area contributed by atoms with Gasteiger partial charge in [-0.1, -0.05) is 12.1 Å². The predicted molar refractivity (Wildman–Crippen MR) is 68.8 cm³/mol. The van der Waals surface area contributed by atoms with E-state index in [-0.39, 0.29) is 12.4 Å². The minimum absolute atomic E-state index is 0. The molecule has 0 radical (unpaired) electrons. The van der Waals surface area contributed by atoms with Crippen LogP contribution in [0, 0.1) is 0 Å². The summed E-state index contributed by atoms with van der Waals surface area (Å²) in [5, 5.41) is 0.